The highest BCUT2D eigenvalue weighted by Gasteiger charge is 2.36. The molecule has 1 aromatic carbocycles. The molecule has 1 aromatic heterocycles. The Bertz CT molecular complexity index is 918. The molecule has 3 N–H and O–H groups in total. The summed E-state index contributed by atoms with van der Waals surface area (Å²) < 4.78 is 4.27. The zero-order chi connectivity index (χ0) is 20.4. The third-order valence-electron chi connectivity index (χ3n) is 4.44. The van der Waals surface area contributed by atoms with Crippen LogP contribution in [0.5, 0.6) is 0 Å². The molecule has 1 atom stereocenters. The maximum Gasteiger partial charge on any atom is 0.348 e. The fourth-order valence-corrected chi connectivity index (χ4v) is 3.64. The molecule has 146 valence electrons. The van der Waals surface area contributed by atoms with Crippen molar-refractivity contribution in [1.29, 1.82) is 0 Å². The van der Waals surface area contributed by atoms with E-state index in [0.717, 1.165) is 18.8 Å². The Morgan fingerprint density at radius 3 is 2.44 bits per heavy atom. The summed E-state index contributed by atoms with van der Waals surface area (Å²) in [4.78, 5) is 38.1. The van der Waals surface area contributed by atoms with E-state index < -0.39 is 27.5 Å². The first-order chi connectivity index (χ1) is 12.6. The van der Waals surface area contributed by atoms with E-state index in [2.05, 4.69) is 4.90 Å². The van der Waals surface area contributed by atoms with E-state index in [1.54, 1.807) is 26.0 Å². The smallest absolute Gasteiger partial charge is 0.348 e. The molecule has 8 heteroatoms. The Morgan fingerprint density at radius 2 is 1.89 bits per heavy atom. The summed E-state index contributed by atoms with van der Waals surface area (Å²) >= 11 is 0.716. The maximum atomic E-state index is 12.6. The molecule has 0 aliphatic heterocycles. The van der Waals surface area contributed by atoms with Crippen molar-refractivity contribution in [2.75, 3.05) is 18.0 Å². The minimum atomic E-state index is -1.25. The molecule has 0 aliphatic carbocycles. The van der Waals surface area contributed by atoms with E-state index >= 15 is 0 Å². The lowest BCUT2D eigenvalue weighted by molar-refractivity contribution is -0.139. The van der Waals surface area contributed by atoms with Crippen LogP contribution in [-0.2, 0) is 4.79 Å². The Labute approximate surface area is 161 Å². The average molecular weight is 392 g/mol. The number of nitrogens with zero attached hydrogens (tertiary/aromatic N) is 1. The second-order valence-corrected chi connectivity index (χ2v) is 8.28. The van der Waals surface area contributed by atoms with Crippen LogP contribution in [-0.4, -0.2) is 40.1 Å². The first-order valence-corrected chi connectivity index (χ1v) is 9.47. The molecule has 2 rings (SSSR count). The highest BCUT2D eigenvalue weighted by atomic mass is 32.2. The van der Waals surface area contributed by atoms with Gasteiger partial charge < -0.3 is 20.2 Å². The second-order valence-electron chi connectivity index (χ2n) is 6.65. The van der Waals surface area contributed by atoms with E-state index in [1.807, 2.05) is 19.9 Å². The topological polar surface area (TPSA) is 114 Å². The first kappa shape index (κ1) is 21.0. The number of carbonyl (C=O) groups is 2. The minimum absolute atomic E-state index is 0.131. The summed E-state index contributed by atoms with van der Waals surface area (Å²) in [5.41, 5.74) is 6.08. The predicted molar refractivity (Wildman–Crippen MR) is 108 cm³/mol. The van der Waals surface area contributed by atoms with Crippen LogP contribution in [0, 0.1) is 0 Å². The fourth-order valence-electron chi connectivity index (χ4n) is 2.68. The molecule has 0 radical (unpaired) electrons. The van der Waals surface area contributed by atoms with Gasteiger partial charge in [-0.3, -0.25) is 9.59 Å². The van der Waals surface area contributed by atoms with Gasteiger partial charge in [0.2, 0.25) is 5.12 Å². The number of nitrogens with two attached hydrogens (primary N) is 1. The third-order valence-corrected chi connectivity index (χ3v) is 5.62. The summed E-state index contributed by atoms with van der Waals surface area (Å²) in [7, 11) is 0. The predicted octanol–water partition coefficient (Wildman–Crippen LogP) is 2.70. The first-order valence-electron chi connectivity index (χ1n) is 8.65. The van der Waals surface area contributed by atoms with Crippen molar-refractivity contribution in [3.63, 3.8) is 0 Å². The summed E-state index contributed by atoms with van der Waals surface area (Å²) in [6.45, 7) is 8.80. The molecule has 1 heterocycles. The van der Waals surface area contributed by atoms with E-state index in [1.165, 1.54) is 6.07 Å². The van der Waals surface area contributed by atoms with Crippen molar-refractivity contribution < 1.29 is 19.1 Å². The Morgan fingerprint density at radius 1 is 1.26 bits per heavy atom. The standard InChI is InChI=1S/C19H24N2O5S/c1-5-21(6-2)12-8-7-11-9-13(17(24)26-14(11)10-12)18(25)27-19(3,4)15(20)16(22)23/h7-10,15H,5-6,20H2,1-4H3,(H,22,23)/t15-/m1/s1. The van der Waals surface area contributed by atoms with Gasteiger partial charge in [0, 0.05) is 35.0 Å². The molecule has 0 fully saturated rings. The number of hydrogen-bond acceptors (Lipinski definition) is 7. The zero-order valence-electron chi connectivity index (χ0n) is 15.8. The van der Waals surface area contributed by atoms with Gasteiger partial charge in [-0.15, -0.1) is 0 Å². The van der Waals surface area contributed by atoms with Gasteiger partial charge in [-0.25, -0.2) is 4.79 Å². The lowest BCUT2D eigenvalue weighted by Crippen LogP contribution is -2.47. The number of aliphatic carboxylic acids is 1. The number of rotatable bonds is 7. The van der Waals surface area contributed by atoms with Crippen molar-refractivity contribution in [1.82, 2.24) is 0 Å². The number of carbonyl (C=O) groups excluding carboxylic acids is 1. The molecule has 27 heavy (non-hydrogen) atoms. The minimum Gasteiger partial charge on any atom is -0.480 e. The van der Waals surface area contributed by atoms with Gasteiger partial charge in [0.25, 0.3) is 0 Å². The summed E-state index contributed by atoms with van der Waals surface area (Å²) in [6.07, 6.45) is 0. The number of thioether (sulfide) groups is 1. The van der Waals surface area contributed by atoms with Crippen molar-refractivity contribution in [2.24, 2.45) is 5.73 Å². The van der Waals surface area contributed by atoms with Gasteiger partial charge in [-0.1, -0.05) is 11.8 Å². The number of carboxylic acid groups (broad SMARTS) is 1. The summed E-state index contributed by atoms with van der Waals surface area (Å²) in [5, 5.41) is 9.13. The van der Waals surface area contributed by atoms with Crippen LogP contribution in [0.4, 0.5) is 5.69 Å². The molecule has 0 amide bonds. The fraction of sp³-hybridized carbons (Fsp3) is 0.421. The number of fused-ring (bicyclic) bond motifs is 1. The van der Waals surface area contributed by atoms with Crippen molar-refractivity contribution >= 4 is 39.5 Å². The van der Waals surface area contributed by atoms with Crippen molar-refractivity contribution in [3.8, 4) is 0 Å². The molecule has 0 saturated carbocycles. The molecular weight excluding hydrogens is 368 g/mol. The lowest BCUT2D eigenvalue weighted by Gasteiger charge is -2.26. The molecule has 2 aromatic rings. The quantitative estimate of drug-likeness (QED) is 0.691. The van der Waals surface area contributed by atoms with Gasteiger partial charge in [-0.05, 0) is 45.9 Å². The van der Waals surface area contributed by atoms with Crippen LogP contribution in [0.2, 0.25) is 0 Å². The highest BCUT2D eigenvalue weighted by Crippen LogP contribution is 2.31. The maximum absolute atomic E-state index is 12.6. The number of benzene rings is 1. The van der Waals surface area contributed by atoms with E-state index in [0.29, 0.717) is 22.7 Å². The SMILES string of the molecule is CCN(CC)c1ccc2cc(C(=O)SC(C)(C)[C@H](N)C(=O)O)c(=O)oc2c1. The average Bonchev–Trinajstić information content (AvgIpc) is 2.60. The monoisotopic (exact) mass is 392 g/mol. The Balaban J connectivity index is 2.38. The number of carboxylic acids is 1. The van der Waals surface area contributed by atoms with Crippen LogP contribution in [0.25, 0.3) is 11.0 Å². The van der Waals surface area contributed by atoms with E-state index in [4.69, 9.17) is 15.3 Å². The van der Waals surface area contributed by atoms with Crippen molar-refractivity contribution in [2.45, 2.75) is 38.5 Å². The van der Waals surface area contributed by atoms with Gasteiger partial charge in [0.15, 0.2) is 0 Å². The van der Waals surface area contributed by atoms with E-state index in [-0.39, 0.29) is 5.56 Å². The van der Waals surface area contributed by atoms with Crippen LogP contribution in [0.3, 0.4) is 0 Å². The van der Waals surface area contributed by atoms with Crippen LogP contribution in [0.15, 0.2) is 33.5 Å². The van der Waals surface area contributed by atoms with Crippen LogP contribution < -0.4 is 16.3 Å². The molecule has 0 bridgehead atoms. The normalized spacial score (nSPS) is 12.8. The molecule has 7 nitrogen and oxygen atoms in total. The Kier molecular flexibility index (Phi) is 6.33. The van der Waals surface area contributed by atoms with Crippen LogP contribution in [0.1, 0.15) is 38.1 Å². The molecule has 0 aliphatic rings. The Hall–Kier alpha value is -2.32. The van der Waals surface area contributed by atoms with Crippen molar-refractivity contribution in [3.05, 3.63) is 40.2 Å². The summed E-state index contributed by atoms with van der Waals surface area (Å²) in [6, 6.07) is 5.69. The number of anilines is 1. The molecular formula is C19H24N2O5S. The number of hydrogen-bond donors (Lipinski definition) is 2. The second kappa shape index (κ2) is 8.14. The van der Waals surface area contributed by atoms with Crippen LogP contribution >= 0.6 is 11.8 Å². The van der Waals surface area contributed by atoms with Gasteiger partial charge >= 0.3 is 11.6 Å². The molecule has 0 spiro atoms. The molecule has 0 unspecified atom stereocenters. The van der Waals surface area contributed by atoms with Gasteiger partial charge in [0.1, 0.15) is 17.2 Å². The van der Waals surface area contributed by atoms with E-state index in [9.17, 15) is 14.4 Å². The zero-order valence-corrected chi connectivity index (χ0v) is 16.6. The van der Waals surface area contributed by atoms with Gasteiger partial charge in [-0.2, -0.15) is 0 Å². The molecule has 0 saturated heterocycles. The van der Waals surface area contributed by atoms with Gasteiger partial charge in [0.05, 0.1) is 0 Å². The summed E-state index contributed by atoms with van der Waals surface area (Å²) in [5.74, 6) is -1.21. The third kappa shape index (κ3) is 4.51. The lowest BCUT2D eigenvalue weighted by atomic mass is 10.1. The largest absolute Gasteiger partial charge is 0.480 e. The highest BCUT2D eigenvalue weighted by molar-refractivity contribution is 8.15.